The lowest BCUT2D eigenvalue weighted by Crippen LogP contribution is -2.22. The van der Waals surface area contributed by atoms with Crippen LogP contribution < -0.4 is 0 Å². The SMILES string of the molecule is Cc1ccc(O)c(CN(C)[C@@H](C)c2cccnc2)n1. The second-order valence-electron chi connectivity index (χ2n) is 4.80. The third kappa shape index (κ3) is 3.29. The molecule has 2 aromatic heterocycles. The molecule has 0 aliphatic rings. The molecule has 0 aromatic carbocycles. The Kier molecular flexibility index (Phi) is 4.12. The molecule has 4 nitrogen and oxygen atoms in total. The minimum atomic E-state index is 0.218. The Morgan fingerprint density at radius 2 is 2.11 bits per heavy atom. The molecular formula is C15H19N3O. The van der Waals surface area contributed by atoms with Gasteiger partial charge in [-0.2, -0.15) is 0 Å². The van der Waals surface area contributed by atoms with E-state index in [1.807, 2.05) is 32.3 Å². The summed E-state index contributed by atoms with van der Waals surface area (Å²) in [6, 6.07) is 7.71. The second-order valence-corrected chi connectivity index (χ2v) is 4.80. The van der Waals surface area contributed by atoms with Gasteiger partial charge in [0.05, 0.1) is 5.69 Å². The molecule has 100 valence electrons. The average Bonchev–Trinajstić information content (AvgIpc) is 2.43. The maximum atomic E-state index is 9.83. The molecule has 0 bridgehead atoms. The van der Waals surface area contributed by atoms with Crippen LogP contribution in [0.5, 0.6) is 5.75 Å². The van der Waals surface area contributed by atoms with Gasteiger partial charge in [0.15, 0.2) is 0 Å². The summed E-state index contributed by atoms with van der Waals surface area (Å²) in [6.45, 7) is 4.64. The maximum Gasteiger partial charge on any atom is 0.138 e. The first-order chi connectivity index (χ1) is 9.08. The molecule has 4 heteroatoms. The Balaban J connectivity index is 2.12. The van der Waals surface area contributed by atoms with Crippen LogP contribution in [-0.2, 0) is 6.54 Å². The number of aryl methyl sites for hydroxylation is 1. The topological polar surface area (TPSA) is 49.2 Å². The van der Waals surface area contributed by atoms with Crippen molar-refractivity contribution >= 4 is 0 Å². The molecule has 0 aliphatic heterocycles. The number of pyridine rings is 2. The highest BCUT2D eigenvalue weighted by molar-refractivity contribution is 5.27. The van der Waals surface area contributed by atoms with E-state index in [-0.39, 0.29) is 11.8 Å². The zero-order chi connectivity index (χ0) is 13.8. The highest BCUT2D eigenvalue weighted by Crippen LogP contribution is 2.22. The van der Waals surface area contributed by atoms with Crippen molar-refractivity contribution in [1.82, 2.24) is 14.9 Å². The zero-order valence-corrected chi connectivity index (χ0v) is 11.5. The Hall–Kier alpha value is -1.94. The first kappa shape index (κ1) is 13.5. The molecule has 0 aliphatic carbocycles. The van der Waals surface area contributed by atoms with Crippen molar-refractivity contribution in [1.29, 1.82) is 0 Å². The van der Waals surface area contributed by atoms with Crippen LogP contribution in [0.3, 0.4) is 0 Å². The zero-order valence-electron chi connectivity index (χ0n) is 11.5. The van der Waals surface area contributed by atoms with Gasteiger partial charge >= 0.3 is 0 Å². The van der Waals surface area contributed by atoms with E-state index in [2.05, 4.69) is 27.9 Å². The van der Waals surface area contributed by atoms with Crippen LogP contribution in [0, 0.1) is 6.92 Å². The number of rotatable bonds is 4. The van der Waals surface area contributed by atoms with E-state index in [9.17, 15) is 5.11 Å². The standard InChI is InChI=1S/C15H19N3O/c1-11-6-7-15(19)14(17-11)10-18(3)12(2)13-5-4-8-16-9-13/h4-9,12,19H,10H2,1-3H3/t12-/m0/s1. The summed E-state index contributed by atoms with van der Waals surface area (Å²) in [5.41, 5.74) is 2.77. The number of hydrogen-bond donors (Lipinski definition) is 1. The first-order valence-electron chi connectivity index (χ1n) is 6.33. The number of aromatic nitrogens is 2. The van der Waals surface area contributed by atoms with E-state index < -0.39 is 0 Å². The summed E-state index contributed by atoms with van der Waals surface area (Å²) in [7, 11) is 2.02. The van der Waals surface area contributed by atoms with Crippen molar-refractivity contribution < 1.29 is 5.11 Å². The van der Waals surface area contributed by atoms with Crippen LogP contribution in [0.1, 0.15) is 29.9 Å². The summed E-state index contributed by atoms with van der Waals surface area (Å²) < 4.78 is 0. The summed E-state index contributed by atoms with van der Waals surface area (Å²) >= 11 is 0. The smallest absolute Gasteiger partial charge is 0.138 e. The minimum absolute atomic E-state index is 0.218. The molecule has 0 saturated carbocycles. The van der Waals surface area contributed by atoms with Gasteiger partial charge in [-0.1, -0.05) is 6.07 Å². The molecule has 2 aromatic rings. The van der Waals surface area contributed by atoms with Gasteiger partial charge in [0.25, 0.3) is 0 Å². The Labute approximate surface area is 113 Å². The third-order valence-corrected chi connectivity index (χ3v) is 3.32. The fourth-order valence-electron chi connectivity index (χ4n) is 1.97. The van der Waals surface area contributed by atoms with Crippen LogP contribution >= 0.6 is 0 Å². The van der Waals surface area contributed by atoms with Crippen molar-refractivity contribution in [2.45, 2.75) is 26.4 Å². The Morgan fingerprint density at radius 3 is 2.79 bits per heavy atom. The van der Waals surface area contributed by atoms with E-state index in [4.69, 9.17) is 0 Å². The Bertz CT molecular complexity index is 542. The van der Waals surface area contributed by atoms with Gasteiger partial charge < -0.3 is 5.11 Å². The molecule has 19 heavy (non-hydrogen) atoms. The maximum absolute atomic E-state index is 9.83. The normalized spacial score (nSPS) is 12.6. The van der Waals surface area contributed by atoms with Gasteiger partial charge in [-0.15, -0.1) is 0 Å². The summed E-state index contributed by atoms with van der Waals surface area (Å²) in [5, 5.41) is 9.83. The van der Waals surface area contributed by atoms with E-state index >= 15 is 0 Å². The molecule has 2 heterocycles. The van der Waals surface area contributed by atoms with Crippen LogP contribution in [0.4, 0.5) is 0 Å². The predicted molar refractivity (Wildman–Crippen MR) is 74.8 cm³/mol. The molecule has 0 fully saturated rings. The van der Waals surface area contributed by atoms with Gasteiger partial charge in [0, 0.05) is 30.7 Å². The molecule has 0 spiro atoms. The van der Waals surface area contributed by atoms with Crippen LogP contribution in [0.15, 0.2) is 36.7 Å². The van der Waals surface area contributed by atoms with Gasteiger partial charge in [0.1, 0.15) is 5.75 Å². The molecule has 0 amide bonds. The molecule has 1 N–H and O–H groups in total. The van der Waals surface area contributed by atoms with E-state index in [1.54, 1.807) is 12.3 Å². The summed E-state index contributed by atoms with van der Waals surface area (Å²) in [6.07, 6.45) is 3.63. The molecule has 0 unspecified atom stereocenters. The lowest BCUT2D eigenvalue weighted by molar-refractivity contribution is 0.246. The van der Waals surface area contributed by atoms with Crippen molar-refractivity contribution in [3.8, 4) is 5.75 Å². The van der Waals surface area contributed by atoms with Crippen molar-refractivity contribution in [2.24, 2.45) is 0 Å². The van der Waals surface area contributed by atoms with E-state index in [1.165, 1.54) is 0 Å². The fourth-order valence-corrected chi connectivity index (χ4v) is 1.97. The average molecular weight is 257 g/mol. The largest absolute Gasteiger partial charge is 0.506 e. The molecular weight excluding hydrogens is 238 g/mol. The van der Waals surface area contributed by atoms with Gasteiger partial charge in [-0.3, -0.25) is 14.9 Å². The Morgan fingerprint density at radius 1 is 1.32 bits per heavy atom. The summed E-state index contributed by atoms with van der Waals surface area (Å²) in [4.78, 5) is 10.7. The van der Waals surface area contributed by atoms with E-state index in [0.29, 0.717) is 12.2 Å². The lowest BCUT2D eigenvalue weighted by atomic mass is 10.1. The van der Waals surface area contributed by atoms with Crippen molar-refractivity contribution in [3.05, 3.63) is 53.6 Å². The highest BCUT2D eigenvalue weighted by atomic mass is 16.3. The number of nitrogens with zero attached hydrogens (tertiary/aromatic N) is 3. The molecule has 1 atom stereocenters. The lowest BCUT2D eigenvalue weighted by Gasteiger charge is -2.24. The highest BCUT2D eigenvalue weighted by Gasteiger charge is 2.14. The van der Waals surface area contributed by atoms with Crippen LogP contribution in [-0.4, -0.2) is 27.0 Å². The minimum Gasteiger partial charge on any atom is -0.506 e. The quantitative estimate of drug-likeness (QED) is 0.915. The van der Waals surface area contributed by atoms with Crippen LogP contribution in [0.25, 0.3) is 0 Å². The predicted octanol–water partition coefficient (Wildman–Crippen LogP) is 2.68. The fraction of sp³-hybridized carbons (Fsp3) is 0.333. The van der Waals surface area contributed by atoms with E-state index in [0.717, 1.165) is 11.3 Å². The first-order valence-corrected chi connectivity index (χ1v) is 6.33. The number of aromatic hydroxyl groups is 1. The van der Waals surface area contributed by atoms with Gasteiger partial charge in [-0.25, -0.2) is 0 Å². The van der Waals surface area contributed by atoms with Gasteiger partial charge in [0.2, 0.25) is 0 Å². The van der Waals surface area contributed by atoms with Crippen molar-refractivity contribution in [3.63, 3.8) is 0 Å². The number of hydrogen-bond acceptors (Lipinski definition) is 4. The summed E-state index contributed by atoms with van der Waals surface area (Å²) in [5.74, 6) is 0.246. The van der Waals surface area contributed by atoms with Crippen molar-refractivity contribution in [2.75, 3.05) is 7.05 Å². The molecule has 0 saturated heterocycles. The monoisotopic (exact) mass is 257 g/mol. The second kappa shape index (κ2) is 5.80. The third-order valence-electron chi connectivity index (χ3n) is 3.32. The molecule has 2 rings (SSSR count). The van der Waals surface area contributed by atoms with Gasteiger partial charge in [-0.05, 0) is 44.7 Å². The molecule has 0 radical (unpaired) electrons. The van der Waals surface area contributed by atoms with Crippen LogP contribution in [0.2, 0.25) is 0 Å².